The molecule has 2 aliphatic rings. The molecule has 3 amide bonds. The van der Waals surface area contributed by atoms with Crippen molar-refractivity contribution in [1.29, 1.82) is 0 Å². The maximum absolute atomic E-state index is 13.0. The van der Waals surface area contributed by atoms with Gasteiger partial charge in [0.05, 0.1) is 11.7 Å². The smallest absolute Gasteiger partial charge is 0.321 e. The van der Waals surface area contributed by atoms with Crippen LogP contribution >= 0.6 is 11.8 Å². The second-order valence-corrected chi connectivity index (χ2v) is 8.62. The summed E-state index contributed by atoms with van der Waals surface area (Å²) in [5.74, 6) is 1.22. The van der Waals surface area contributed by atoms with Crippen LogP contribution in [-0.2, 0) is 4.79 Å². The van der Waals surface area contributed by atoms with Crippen LogP contribution in [-0.4, -0.2) is 65.1 Å². The molecule has 1 unspecified atom stereocenters. The fraction of sp³-hybridized carbons (Fsp3) is 0.619. The van der Waals surface area contributed by atoms with E-state index >= 15 is 0 Å². The van der Waals surface area contributed by atoms with Crippen molar-refractivity contribution in [2.45, 2.75) is 50.7 Å². The number of thioether (sulfide) groups is 1. The zero-order chi connectivity index (χ0) is 20.0. The lowest BCUT2D eigenvalue weighted by molar-refractivity contribution is -0.133. The van der Waals surface area contributed by atoms with E-state index in [2.05, 4.69) is 28.7 Å². The highest BCUT2D eigenvalue weighted by atomic mass is 32.2. The van der Waals surface area contributed by atoms with Gasteiger partial charge in [-0.3, -0.25) is 10.1 Å². The van der Waals surface area contributed by atoms with E-state index in [1.165, 1.54) is 0 Å². The first-order chi connectivity index (χ1) is 13.6. The number of piperidine rings is 1. The van der Waals surface area contributed by atoms with Crippen molar-refractivity contribution in [2.75, 3.05) is 37.0 Å². The number of carbonyl (C=O) groups is 2. The van der Waals surface area contributed by atoms with Crippen molar-refractivity contribution in [3.8, 4) is 0 Å². The van der Waals surface area contributed by atoms with E-state index in [1.54, 1.807) is 11.8 Å². The minimum atomic E-state index is -0.293. The van der Waals surface area contributed by atoms with E-state index in [-0.39, 0.29) is 23.6 Å². The molecule has 0 aliphatic carbocycles. The number of amides is 3. The Kier molecular flexibility index (Phi) is 7.24. The predicted molar refractivity (Wildman–Crippen MR) is 116 cm³/mol. The largest absolute Gasteiger partial charge is 0.324 e. The number of carbonyl (C=O) groups excluding carboxylic acids is 2. The number of rotatable bonds is 7. The van der Waals surface area contributed by atoms with Gasteiger partial charge in [0, 0.05) is 38.2 Å². The summed E-state index contributed by atoms with van der Waals surface area (Å²) in [6, 6.07) is 9.39. The third-order valence-electron chi connectivity index (χ3n) is 5.77. The second kappa shape index (κ2) is 9.65. The average Bonchev–Trinajstić information content (AvgIpc) is 2.96. The Morgan fingerprint density at radius 3 is 2.64 bits per heavy atom. The monoisotopic (exact) mass is 404 g/mol. The number of hydrogen-bond acceptors (Lipinski definition) is 4. The number of nitrogens with zero attached hydrogens (tertiary/aromatic N) is 2. The maximum atomic E-state index is 13.0. The molecule has 2 heterocycles. The summed E-state index contributed by atoms with van der Waals surface area (Å²) >= 11 is 1.78. The number of likely N-dealkylation sites (tertiary alicyclic amines) is 1. The molecular formula is C21H32N4O2S. The summed E-state index contributed by atoms with van der Waals surface area (Å²) < 4.78 is 0. The molecule has 0 saturated carbocycles. The zero-order valence-corrected chi connectivity index (χ0v) is 17.8. The molecule has 2 N–H and O–H groups in total. The van der Waals surface area contributed by atoms with Crippen LogP contribution in [0.25, 0.3) is 0 Å². The number of benzene rings is 1. The first-order valence-electron chi connectivity index (χ1n) is 10.3. The Morgan fingerprint density at radius 1 is 1.29 bits per heavy atom. The van der Waals surface area contributed by atoms with Gasteiger partial charge in [0.1, 0.15) is 0 Å². The lowest BCUT2D eigenvalue weighted by Crippen LogP contribution is -2.60. The van der Waals surface area contributed by atoms with Crippen LogP contribution in [0.1, 0.15) is 39.0 Å². The van der Waals surface area contributed by atoms with Gasteiger partial charge in [-0.25, -0.2) is 4.79 Å². The van der Waals surface area contributed by atoms with Crippen molar-refractivity contribution in [3.05, 3.63) is 30.3 Å². The van der Waals surface area contributed by atoms with Crippen LogP contribution < -0.4 is 10.6 Å². The number of anilines is 1. The fourth-order valence-electron chi connectivity index (χ4n) is 4.15. The highest BCUT2D eigenvalue weighted by Gasteiger charge is 2.51. The van der Waals surface area contributed by atoms with Gasteiger partial charge in [-0.1, -0.05) is 31.5 Å². The van der Waals surface area contributed by atoms with E-state index in [1.807, 2.05) is 35.2 Å². The minimum Gasteiger partial charge on any atom is -0.324 e. The van der Waals surface area contributed by atoms with Crippen LogP contribution in [0.3, 0.4) is 0 Å². The number of para-hydroxylation sites is 1. The van der Waals surface area contributed by atoms with Crippen molar-refractivity contribution >= 4 is 29.4 Å². The van der Waals surface area contributed by atoms with Gasteiger partial charge in [0.2, 0.25) is 5.91 Å². The van der Waals surface area contributed by atoms with Gasteiger partial charge in [0.25, 0.3) is 0 Å². The summed E-state index contributed by atoms with van der Waals surface area (Å²) in [6.07, 6.45) is 6.58. The standard InChI is InChI=1S/C21H32N4O2S/c1-3-4-13-25-19(26)18(10-16-28-2)23-21(25)11-14-24(15-12-21)20(27)22-17-8-6-5-7-9-17/h5-9,18,23H,3-4,10-16H2,1-2H3,(H,22,27). The molecule has 2 aliphatic heterocycles. The Balaban J connectivity index is 1.63. The summed E-state index contributed by atoms with van der Waals surface area (Å²) in [4.78, 5) is 29.6. The lowest BCUT2D eigenvalue weighted by Gasteiger charge is -2.44. The Labute approximate surface area is 172 Å². The highest BCUT2D eigenvalue weighted by molar-refractivity contribution is 7.98. The lowest BCUT2D eigenvalue weighted by atomic mass is 9.95. The number of hydrogen-bond donors (Lipinski definition) is 2. The third kappa shape index (κ3) is 4.63. The maximum Gasteiger partial charge on any atom is 0.321 e. The molecule has 154 valence electrons. The Bertz CT molecular complexity index is 662. The predicted octanol–water partition coefficient (Wildman–Crippen LogP) is 3.36. The normalized spacial score (nSPS) is 21.4. The van der Waals surface area contributed by atoms with Gasteiger partial charge in [-0.15, -0.1) is 0 Å². The Morgan fingerprint density at radius 2 is 2.00 bits per heavy atom. The van der Waals surface area contributed by atoms with Crippen LogP contribution in [0.4, 0.5) is 10.5 Å². The zero-order valence-electron chi connectivity index (χ0n) is 16.9. The summed E-state index contributed by atoms with van der Waals surface area (Å²) in [5.41, 5.74) is 0.516. The van der Waals surface area contributed by atoms with E-state index in [0.717, 1.165) is 50.1 Å². The first kappa shape index (κ1) is 21.0. The first-order valence-corrected chi connectivity index (χ1v) is 11.7. The van der Waals surface area contributed by atoms with E-state index in [0.29, 0.717) is 13.1 Å². The Hall–Kier alpha value is -1.73. The molecule has 1 aromatic rings. The van der Waals surface area contributed by atoms with E-state index < -0.39 is 0 Å². The van der Waals surface area contributed by atoms with Gasteiger partial charge in [0.15, 0.2) is 0 Å². The molecule has 6 nitrogen and oxygen atoms in total. The topological polar surface area (TPSA) is 64.7 Å². The molecule has 0 radical (unpaired) electrons. The van der Waals surface area contributed by atoms with Gasteiger partial charge < -0.3 is 15.1 Å². The van der Waals surface area contributed by atoms with Crippen LogP contribution in [0.5, 0.6) is 0 Å². The fourth-order valence-corrected chi connectivity index (χ4v) is 4.62. The van der Waals surface area contributed by atoms with Crippen molar-refractivity contribution in [1.82, 2.24) is 15.1 Å². The molecule has 1 spiro atoms. The van der Waals surface area contributed by atoms with Crippen molar-refractivity contribution in [3.63, 3.8) is 0 Å². The summed E-state index contributed by atoms with van der Waals surface area (Å²) in [7, 11) is 0. The quantitative estimate of drug-likeness (QED) is 0.731. The van der Waals surface area contributed by atoms with E-state index in [4.69, 9.17) is 0 Å². The summed E-state index contributed by atoms with van der Waals surface area (Å²) in [5, 5.41) is 6.63. The van der Waals surface area contributed by atoms with Crippen LogP contribution in [0.15, 0.2) is 30.3 Å². The number of nitrogens with one attached hydrogen (secondary N) is 2. The molecular weight excluding hydrogens is 372 g/mol. The molecule has 2 saturated heterocycles. The SMILES string of the molecule is CCCCN1C(=O)C(CCSC)NC12CCN(C(=O)Nc1ccccc1)CC2. The average molecular weight is 405 g/mol. The molecule has 7 heteroatoms. The second-order valence-electron chi connectivity index (χ2n) is 7.64. The van der Waals surface area contributed by atoms with Gasteiger partial charge >= 0.3 is 6.03 Å². The van der Waals surface area contributed by atoms with Crippen LogP contribution in [0.2, 0.25) is 0 Å². The molecule has 1 aromatic carbocycles. The molecule has 0 bridgehead atoms. The van der Waals surface area contributed by atoms with Gasteiger partial charge in [-0.2, -0.15) is 11.8 Å². The molecule has 28 heavy (non-hydrogen) atoms. The highest BCUT2D eigenvalue weighted by Crippen LogP contribution is 2.34. The summed E-state index contributed by atoms with van der Waals surface area (Å²) in [6.45, 7) is 4.25. The molecule has 2 fully saturated rings. The van der Waals surface area contributed by atoms with Crippen molar-refractivity contribution in [2.24, 2.45) is 0 Å². The molecule has 3 rings (SSSR count). The number of urea groups is 1. The van der Waals surface area contributed by atoms with E-state index in [9.17, 15) is 9.59 Å². The minimum absolute atomic E-state index is 0.0654. The van der Waals surface area contributed by atoms with Gasteiger partial charge in [-0.05, 0) is 37.0 Å². The molecule has 1 atom stereocenters. The van der Waals surface area contributed by atoms with Crippen LogP contribution in [0, 0.1) is 0 Å². The molecule has 0 aromatic heterocycles. The number of unbranched alkanes of at least 4 members (excludes halogenated alkanes) is 1. The van der Waals surface area contributed by atoms with Crippen molar-refractivity contribution < 1.29 is 9.59 Å². The third-order valence-corrected chi connectivity index (χ3v) is 6.42.